The number of aryl methyl sites for hydroxylation is 1. The largest absolute Gasteiger partial charge is 0.771 e. The van der Waals surface area contributed by atoms with E-state index in [1.807, 2.05) is 13.0 Å². The van der Waals surface area contributed by atoms with Crippen molar-refractivity contribution < 1.29 is 13.6 Å². The molecule has 0 aliphatic heterocycles. The molecule has 2 aromatic heterocycles. The van der Waals surface area contributed by atoms with E-state index in [1.54, 1.807) is 11.9 Å². The number of halogens is 1. The second-order valence-electron chi connectivity index (χ2n) is 6.92. The first kappa shape index (κ1) is 22.3. The molecule has 0 saturated heterocycles. The van der Waals surface area contributed by atoms with E-state index in [0.29, 0.717) is 24.0 Å². The monoisotopic (exact) mass is 433 g/mol. The number of aromatic nitrogens is 2. The smallest absolute Gasteiger partial charge is 0.261 e. The molecule has 1 fully saturated rings. The Balaban J connectivity index is 0.00000261. The van der Waals surface area contributed by atoms with Crippen molar-refractivity contribution in [3.63, 3.8) is 0 Å². The summed E-state index contributed by atoms with van der Waals surface area (Å²) in [4.78, 5) is 15.9. The van der Waals surface area contributed by atoms with E-state index in [1.165, 1.54) is 30.6 Å². The van der Waals surface area contributed by atoms with Gasteiger partial charge in [0, 0.05) is 18.5 Å². The van der Waals surface area contributed by atoms with E-state index in [4.69, 9.17) is 5.10 Å². The summed E-state index contributed by atoms with van der Waals surface area (Å²) in [6.45, 7) is 2.89. The third-order valence-electron chi connectivity index (χ3n) is 4.82. The minimum absolute atomic E-state index is 0. The van der Waals surface area contributed by atoms with Crippen molar-refractivity contribution in [2.75, 3.05) is 26.0 Å². The van der Waals surface area contributed by atoms with Crippen molar-refractivity contribution in [2.45, 2.75) is 45.1 Å². The van der Waals surface area contributed by atoms with Crippen molar-refractivity contribution in [2.24, 2.45) is 0 Å². The normalized spacial score (nSPS) is 16.4. The van der Waals surface area contributed by atoms with Gasteiger partial charge in [-0.1, -0.05) is 19.3 Å². The molecule has 27 heavy (non-hydrogen) atoms. The number of amides is 1. The molecule has 0 aromatic carbocycles. The molecule has 0 spiro atoms. The highest BCUT2D eigenvalue weighted by atomic mass is 35.5. The molecule has 10 heteroatoms. The lowest BCUT2D eigenvalue weighted by Crippen LogP contribution is -2.34. The van der Waals surface area contributed by atoms with Crippen molar-refractivity contribution in [3.8, 4) is 0 Å². The molecule has 7 nitrogen and oxygen atoms in total. The van der Waals surface area contributed by atoms with E-state index < -0.39 is 11.1 Å². The second-order valence-corrected chi connectivity index (χ2v) is 8.82. The van der Waals surface area contributed by atoms with E-state index in [-0.39, 0.29) is 24.2 Å². The Morgan fingerprint density at radius 2 is 2.15 bits per heavy atom. The molecule has 152 valence electrons. The van der Waals surface area contributed by atoms with E-state index >= 15 is 0 Å². The fourth-order valence-electron chi connectivity index (χ4n) is 3.45. The number of rotatable bonds is 7. The van der Waals surface area contributed by atoms with Gasteiger partial charge in [-0.25, -0.2) is 0 Å². The first-order valence-corrected chi connectivity index (χ1v) is 11.0. The Labute approximate surface area is 172 Å². The zero-order chi connectivity index (χ0) is 18.7. The zero-order valence-corrected chi connectivity index (χ0v) is 18.1. The number of fused-ring (bicyclic) bond motifs is 1. The van der Waals surface area contributed by atoms with Gasteiger partial charge in [0.2, 0.25) is 0 Å². The molecule has 0 bridgehead atoms. The Hall–Kier alpha value is -1.00. The summed E-state index contributed by atoms with van der Waals surface area (Å²) in [6, 6.07) is 2.36. The number of thiophene rings is 1. The van der Waals surface area contributed by atoms with Crippen LogP contribution in [0.5, 0.6) is 0 Å². The third kappa shape index (κ3) is 5.51. The predicted octanol–water partition coefficient (Wildman–Crippen LogP) is 2.83. The molecular formula is C17H26ClN4O3S2-. The summed E-state index contributed by atoms with van der Waals surface area (Å²) in [7, 11) is 1.71. The summed E-state index contributed by atoms with van der Waals surface area (Å²) >= 11 is -0.611. The number of nitrogens with zero attached hydrogens (tertiary/aromatic N) is 3. The molecule has 2 aromatic rings. The van der Waals surface area contributed by atoms with Crippen LogP contribution in [0.4, 0.5) is 0 Å². The Bertz CT molecular complexity index is 802. The van der Waals surface area contributed by atoms with E-state index in [9.17, 15) is 13.6 Å². The summed E-state index contributed by atoms with van der Waals surface area (Å²) in [5, 5.41) is 8.65. The summed E-state index contributed by atoms with van der Waals surface area (Å²) in [6.07, 6.45) is 6.09. The van der Waals surface area contributed by atoms with Crippen LogP contribution in [0.3, 0.4) is 0 Å². The molecule has 1 aliphatic carbocycles. The van der Waals surface area contributed by atoms with Crippen LogP contribution < -0.4 is 5.32 Å². The second kappa shape index (κ2) is 9.97. The molecule has 1 saturated carbocycles. The lowest BCUT2D eigenvalue weighted by atomic mass is 9.96. The quantitative estimate of drug-likeness (QED) is 0.678. The standard InChI is InChI=1S/C17H26N4O3S2.ClH/c1-12-14-10-15(16(22)18-8-9-20(2)11-26(23)24)25-17(14)21(19-12)13-6-4-3-5-7-13;/h10,13H,3-9,11H2,1-2H3,(H,18,22)(H,23,24);1H/p-1. The summed E-state index contributed by atoms with van der Waals surface area (Å²) < 4.78 is 23.4. The highest BCUT2D eigenvalue weighted by Crippen LogP contribution is 2.35. The van der Waals surface area contributed by atoms with Gasteiger partial charge in [0.15, 0.2) is 0 Å². The SMILES string of the molecule is Cc1nn(C2CCCCC2)c2sc(C(=O)NCCN(C)CS(=O)[O-])cc12.Cl. The van der Waals surface area contributed by atoms with E-state index in [0.717, 1.165) is 28.8 Å². The molecule has 1 N–H and O–H groups in total. The Kier molecular flexibility index (Phi) is 8.23. The van der Waals surface area contributed by atoms with Gasteiger partial charge in [-0.2, -0.15) is 5.10 Å². The Morgan fingerprint density at radius 3 is 2.81 bits per heavy atom. The first-order valence-electron chi connectivity index (χ1n) is 8.97. The van der Waals surface area contributed by atoms with Crippen LogP contribution in [0.1, 0.15) is 53.5 Å². The van der Waals surface area contributed by atoms with Crippen LogP contribution in [0, 0.1) is 6.92 Å². The van der Waals surface area contributed by atoms with Crippen LogP contribution in [0.15, 0.2) is 6.07 Å². The molecule has 0 radical (unpaired) electrons. The van der Waals surface area contributed by atoms with Gasteiger partial charge in [0.05, 0.1) is 22.5 Å². The van der Waals surface area contributed by atoms with Crippen LogP contribution in [-0.2, 0) is 11.1 Å². The highest BCUT2D eigenvalue weighted by Gasteiger charge is 2.22. The highest BCUT2D eigenvalue weighted by molar-refractivity contribution is 7.79. The van der Waals surface area contributed by atoms with E-state index in [2.05, 4.69) is 10.00 Å². The maximum atomic E-state index is 12.4. The minimum Gasteiger partial charge on any atom is -0.771 e. The van der Waals surface area contributed by atoms with Crippen molar-refractivity contribution in [1.82, 2.24) is 20.0 Å². The number of carbonyl (C=O) groups is 1. The van der Waals surface area contributed by atoms with Crippen molar-refractivity contribution in [1.29, 1.82) is 0 Å². The lowest BCUT2D eigenvalue weighted by Gasteiger charge is -2.22. The Morgan fingerprint density at radius 1 is 1.44 bits per heavy atom. The fraction of sp³-hybridized carbons (Fsp3) is 0.647. The van der Waals surface area contributed by atoms with Crippen molar-refractivity contribution in [3.05, 3.63) is 16.6 Å². The van der Waals surface area contributed by atoms with Crippen LogP contribution in [0.2, 0.25) is 0 Å². The van der Waals surface area contributed by atoms with Crippen molar-refractivity contribution >= 4 is 50.9 Å². The molecule has 1 aliphatic rings. The molecular weight excluding hydrogens is 408 g/mol. The predicted molar refractivity (Wildman–Crippen MR) is 110 cm³/mol. The molecule has 1 atom stereocenters. The van der Waals surface area contributed by atoms with Gasteiger partial charge in [-0.3, -0.25) is 18.6 Å². The summed E-state index contributed by atoms with van der Waals surface area (Å²) in [5.41, 5.74) is 0.971. The number of likely N-dealkylation sites (N-methyl/N-ethyl adjacent to an activating group) is 1. The zero-order valence-electron chi connectivity index (χ0n) is 15.6. The molecule has 1 amide bonds. The lowest BCUT2D eigenvalue weighted by molar-refractivity contribution is 0.0955. The summed E-state index contributed by atoms with van der Waals surface area (Å²) in [5.74, 6) is -0.146. The molecule has 3 rings (SSSR count). The number of hydrogen-bond donors (Lipinski definition) is 1. The average Bonchev–Trinajstić information content (AvgIpc) is 3.16. The third-order valence-corrected chi connectivity index (χ3v) is 6.59. The van der Waals surface area contributed by atoms with Gasteiger partial charge in [-0.15, -0.1) is 23.7 Å². The number of nitrogens with one attached hydrogen (secondary N) is 1. The maximum Gasteiger partial charge on any atom is 0.261 e. The van der Waals surface area contributed by atoms with Gasteiger partial charge < -0.3 is 9.87 Å². The maximum absolute atomic E-state index is 12.4. The molecule has 1 unspecified atom stereocenters. The number of carbonyl (C=O) groups excluding carboxylic acids is 1. The average molecular weight is 434 g/mol. The van der Waals surface area contributed by atoms with Gasteiger partial charge in [0.25, 0.3) is 5.91 Å². The van der Waals surface area contributed by atoms with Gasteiger partial charge >= 0.3 is 0 Å². The van der Waals surface area contributed by atoms with Gasteiger partial charge in [-0.05, 0) is 44.0 Å². The van der Waals surface area contributed by atoms with Crippen LogP contribution >= 0.6 is 23.7 Å². The van der Waals surface area contributed by atoms with Crippen LogP contribution in [0.25, 0.3) is 10.2 Å². The van der Waals surface area contributed by atoms with Gasteiger partial charge in [0.1, 0.15) is 4.83 Å². The number of hydrogen-bond acceptors (Lipinski definition) is 6. The fourth-order valence-corrected chi connectivity index (χ4v) is 5.09. The van der Waals surface area contributed by atoms with Crippen LogP contribution in [-0.4, -0.2) is 55.4 Å². The topological polar surface area (TPSA) is 90.3 Å². The minimum atomic E-state index is -2.10. The molecule has 2 heterocycles. The first-order chi connectivity index (χ1) is 12.5.